The van der Waals surface area contributed by atoms with Crippen LogP contribution in [0.3, 0.4) is 0 Å². The van der Waals surface area contributed by atoms with Crippen LogP contribution in [0, 0.1) is 5.41 Å². The molecule has 0 aromatic heterocycles. The van der Waals surface area contributed by atoms with E-state index in [1.165, 1.54) is 27.7 Å². The number of hydrogen-bond acceptors (Lipinski definition) is 3. The van der Waals surface area contributed by atoms with Crippen LogP contribution in [0.2, 0.25) is 0 Å². The molecule has 0 heterocycles. The van der Waals surface area contributed by atoms with Crippen LogP contribution < -0.4 is 0 Å². The Morgan fingerprint density at radius 1 is 1.27 bits per heavy atom. The molecule has 5 heteroatoms. The molecule has 0 aromatic carbocycles. The fourth-order valence-electron chi connectivity index (χ4n) is 0.891. The summed E-state index contributed by atoms with van der Waals surface area (Å²) in [5.74, 6) is -5.61. The van der Waals surface area contributed by atoms with Crippen LogP contribution >= 0.6 is 0 Å². The molecule has 0 spiro atoms. The lowest BCUT2D eigenvalue weighted by Gasteiger charge is -2.41. The number of hydrogen-bond donors (Lipinski definition) is 1. The van der Waals surface area contributed by atoms with E-state index in [9.17, 15) is 18.7 Å². The van der Waals surface area contributed by atoms with E-state index < -0.39 is 22.9 Å². The second kappa shape index (κ2) is 4.04. The van der Waals surface area contributed by atoms with Gasteiger partial charge < -0.3 is 9.84 Å². The average molecular weight is 224 g/mol. The van der Waals surface area contributed by atoms with Crippen LogP contribution in [0.15, 0.2) is 0 Å². The minimum Gasteiger partial charge on any atom is -0.461 e. The topological polar surface area (TPSA) is 46.5 Å². The molecule has 3 nitrogen and oxygen atoms in total. The zero-order valence-corrected chi connectivity index (χ0v) is 9.73. The summed E-state index contributed by atoms with van der Waals surface area (Å²) in [6, 6.07) is 0. The van der Waals surface area contributed by atoms with Crippen LogP contribution in [-0.4, -0.2) is 29.2 Å². The van der Waals surface area contributed by atoms with Crippen molar-refractivity contribution in [2.45, 2.75) is 46.1 Å². The van der Waals surface area contributed by atoms with Gasteiger partial charge in [0.25, 0.3) is 0 Å². The zero-order valence-electron chi connectivity index (χ0n) is 9.73. The molecule has 90 valence electrons. The molecule has 0 fully saturated rings. The predicted molar refractivity (Wildman–Crippen MR) is 51.7 cm³/mol. The van der Waals surface area contributed by atoms with Crippen molar-refractivity contribution in [1.82, 2.24) is 0 Å². The summed E-state index contributed by atoms with van der Waals surface area (Å²) >= 11 is 0. The van der Waals surface area contributed by atoms with Crippen molar-refractivity contribution in [3.05, 3.63) is 0 Å². The molecule has 1 N–H and O–H groups in total. The van der Waals surface area contributed by atoms with Crippen LogP contribution in [0.4, 0.5) is 8.78 Å². The van der Waals surface area contributed by atoms with Gasteiger partial charge in [0.15, 0.2) is 0 Å². The van der Waals surface area contributed by atoms with Gasteiger partial charge in [-0.25, -0.2) is 4.79 Å². The van der Waals surface area contributed by atoms with Gasteiger partial charge in [0.1, 0.15) is 5.60 Å². The standard InChI is InChI=1S/C10H18F2O3/c1-6-15-7(13)10(11,12)9(5,14)8(2,3)4/h14H,6H2,1-5H3. The normalized spacial score (nSPS) is 17.1. The second-order valence-electron chi connectivity index (χ2n) is 4.62. The van der Waals surface area contributed by atoms with Crippen LogP contribution in [0.5, 0.6) is 0 Å². The Kier molecular flexibility index (Phi) is 3.85. The maximum Gasteiger partial charge on any atom is 0.380 e. The van der Waals surface area contributed by atoms with Gasteiger partial charge in [-0.05, 0) is 19.3 Å². The van der Waals surface area contributed by atoms with Crippen molar-refractivity contribution in [3.8, 4) is 0 Å². The van der Waals surface area contributed by atoms with Crippen molar-refractivity contribution >= 4 is 5.97 Å². The summed E-state index contributed by atoms with van der Waals surface area (Å²) in [5, 5.41) is 9.72. The fraction of sp³-hybridized carbons (Fsp3) is 0.900. The summed E-state index contributed by atoms with van der Waals surface area (Å²) in [4.78, 5) is 11.0. The highest BCUT2D eigenvalue weighted by Gasteiger charge is 2.62. The molecule has 0 aliphatic heterocycles. The lowest BCUT2D eigenvalue weighted by molar-refractivity contribution is -0.233. The Hall–Kier alpha value is -0.710. The van der Waals surface area contributed by atoms with E-state index in [4.69, 9.17) is 0 Å². The van der Waals surface area contributed by atoms with Crippen molar-refractivity contribution in [1.29, 1.82) is 0 Å². The highest BCUT2D eigenvalue weighted by molar-refractivity contribution is 5.79. The molecule has 0 amide bonds. The summed E-state index contributed by atoms with van der Waals surface area (Å²) in [5.41, 5.74) is -3.59. The highest BCUT2D eigenvalue weighted by atomic mass is 19.3. The van der Waals surface area contributed by atoms with Gasteiger partial charge in [-0.15, -0.1) is 0 Å². The van der Waals surface area contributed by atoms with Gasteiger partial charge in [-0.1, -0.05) is 20.8 Å². The predicted octanol–water partition coefficient (Wildman–Crippen LogP) is 1.98. The van der Waals surface area contributed by atoms with E-state index in [2.05, 4.69) is 4.74 Å². The Balaban J connectivity index is 5.10. The Morgan fingerprint density at radius 2 is 1.67 bits per heavy atom. The quantitative estimate of drug-likeness (QED) is 0.746. The summed E-state index contributed by atoms with van der Waals surface area (Å²) < 4.78 is 31.3. The van der Waals surface area contributed by atoms with Gasteiger partial charge in [0.05, 0.1) is 6.61 Å². The first-order chi connectivity index (χ1) is 6.48. The van der Waals surface area contributed by atoms with Crippen LogP contribution in [0.1, 0.15) is 34.6 Å². The Morgan fingerprint density at radius 3 is 1.93 bits per heavy atom. The van der Waals surface area contributed by atoms with E-state index in [0.717, 1.165) is 6.92 Å². The lowest BCUT2D eigenvalue weighted by atomic mass is 9.73. The Labute approximate surface area is 88.4 Å². The monoisotopic (exact) mass is 224 g/mol. The molecule has 1 atom stereocenters. The highest BCUT2D eigenvalue weighted by Crippen LogP contribution is 2.42. The molecule has 1 unspecified atom stereocenters. The third-order valence-electron chi connectivity index (χ3n) is 2.60. The molecule has 15 heavy (non-hydrogen) atoms. The van der Waals surface area contributed by atoms with Gasteiger partial charge in [0.2, 0.25) is 0 Å². The van der Waals surface area contributed by atoms with E-state index >= 15 is 0 Å². The summed E-state index contributed by atoms with van der Waals surface area (Å²) in [6.07, 6.45) is 0. The lowest BCUT2D eigenvalue weighted by Crippen LogP contribution is -2.59. The van der Waals surface area contributed by atoms with Crippen molar-refractivity contribution < 1.29 is 23.4 Å². The van der Waals surface area contributed by atoms with E-state index in [-0.39, 0.29) is 6.61 Å². The smallest absolute Gasteiger partial charge is 0.380 e. The first kappa shape index (κ1) is 14.3. The average Bonchev–Trinajstić information content (AvgIpc) is 2.02. The van der Waals surface area contributed by atoms with Gasteiger partial charge in [-0.2, -0.15) is 8.78 Å². The number of halogens is 2. The third kappa shape index (κ3) is 2.45. The molecule has 0 bridgehead atoms. The maximum atomic E-state index is 13.6. The number of carbonyl (C=O) groups is 1. The summed E-state index contributed by atoms with van der Waals surface area (Å²) in [6.45, 7) is 6.51. The molecule has 0 aromatic rings. The number of rotatable bonds is 3. The van der Waals surface area contributed by atoms with E-state index in [1.54, 1.807) is 0 Å². The first-order valence-electron chi connectivity index (χ1n) is 4.76. The van der Waals surface area contributed by atoms with Crippen molar-refractivity contribution in [2.24, 2.45) is 5.41 Å². The number of esters is 1. The molecule has 0 aliphatic carbocycles. The van der Waals surface area contributed by atoms with Crippen molar-refractivity contribution in [3.63, 3.8) is 0 Å². The van der Waals surface area contributed by atoms with Gasteiger partial charge >= 0.3 is 11.9 Å². The molecule has 0 aliphatic rings. The summed E-state index contributed by atoms with van der Waals surface area (Å²) in [7, 11) is 0. The largest absolute Gasteiger partial charge is 0.461 e. The van der Waals surface area contributed by atoms with Crippen LogP contribution in [-0.2, 0) is 9.53 Å². The molecule has 0 saturated carbocycles. The van der Waals surface area contributed by atoms with Crippen molar-refractivity contribution in [2.75, 3.05) is 6.61 Å². The minimum absolute atomic E-state index is 0.144. The fourth-order valence-corrected chi connectivity index (χ4v) is 0.891. The van der Waals surface area contributed by atoms with Gasteiger partial charge in [0, 0.05) is 0 Å². The molecule has 0 rings (SSSR count). The van der Waals surface area contributed by atoms with E-state index in [0.29, 0.717) is 0 Å². The molecular formula is C10H18F2O3. The molecule has 0 radical (unpaired) electrons. The molecular weight excluding hydrogens is 206 g/mol. The van der Waals surface area contributed by atoms with E-state index in [1.807, 2.05) is 0 Å². The Bertz CT molecular complexity index is 242. The van der Waals surface area contributed by atoms with Crippen LogP contribution in [0.25, 0.3) is 0 Å². The zero-order chi connectivity index (χ0) is 12.5. The molecule has 0 saturated heterocycles. The van der Waals surface area contributed by atoms with Gasteiger partial charge in [-0.3, -0.25) is 0 Å². The minimum atomic E-state index is -3.92. The first-order valence-corrected chi connectivity index (χ1v) is 4.76. The maximum absolute atomic E-state index is 13.6. The third-order valence-corrected chi connectivity index (χ3v) is 2.60. The SMILES string of the molecule is CCOC(=O)C(F)(F)C(C)(O)C(C)(C)C. The number of alkyl halides is 2. The second-order valence-corrected chi connectivity index (χ2v) is 4.62. The number of ether oxygens (including phenoxy) is 1. The number of aliphatic hydroxyl groups is 1. The number of carbonyl (C=O) groups excluding carboxylic acids is 1.